The van der Waals surface area contributed by atoms with Gasteiger partial charge in [-0.3, -0.25) is 4.52 Å². The zero-order valence-electron chi connectivity index (χ0n) is 9.93. The van der Waals surface area contributed by atoms with Gasteiger partial charge in [0.2, 0.25) is 0 Å². The standard InChI is InChI=1S/C8H15O11P/c9-2-3(10)6-5(11)4(19-20(15,16)17)1-8(14,18-6)7(12)13/h3-6,9-11,14H,1-2H2,(H,12,13)(H2,15,16,17)/t3-,4-,5-,6-,8-/m1/s1. The lowest BCUT2D eigenvalue weighted by atomic mass is 9.93. The second-order valence-corrected chi connectivity index (χ2v) is 5.44. The molecule has 20 heavy (non-hydrogen) atoms. The van der Waals surface area contributed by atoms with Gasteiger partial charge in [-0.1, -0.05) is 0 Å². The van der Waals surface area contributed by atoms with Crippen LogP contribution in [0.3, 0.4) is 0 Å². The maximum absolute atomic E-state index is 10.9. The summed E-state index contributed by atoms with van der Waals surface area (Å²) in [5, 5.41) is 46.4. The lowest BCUT2D eigenvalue weighted by Crippen LogP contribution is -2.62. The van der Waals surface area contributed by atoms with E-state index in [9.17, 15) is 24.7 Å². The van der Waals surface area contributed by atoms with Gasteiger partial charge in [0.15, 0.2) is 0 Å². The molecule has 0 aromatic carbocycles. The van der Waals surface area contributed by atoms with E-state index in [2.05, 4.69) is 9.26 Å². The number of aliphatic carboxylic acids is 1. The fourth-order valence-corrected chi connectivity index (χ4v) is 2.32. The van der Waals surface area contributed by atoms with Gasteiger partial charge in [0.25, 0.3) is 5.79 Å². The first-order chi connectivity index (χ1) is 9.00. The summed E-state index contributed by atoms with van der Waals surface area (Å²) in [7, 11) is -5.09. The summed E-state index contributed by atoms with van der Waals surface area (Å²) in [6.45, 7) is -0.944. The largest absolute Gasteiger partial charge is 0.477 e. The highest BCUT2D eigenvalue weighted by Gasteiger charge is 2.54. The van der Waals surface area contributed by atoms with Crippen LogP contribution in [0, 0.1) is 0 Å². The normalized spacial score (nSPS) is 36.6. The van der Waals surface area contributed by atoms with Gasteiger partial charge in [-0.25, -0.2) is 9.36 Å². The van der Waals surface area contributed by atoms with Gasteiger partial charge in [-0.05, 0) is 0 Å². The van der Waals surface area contributed by atoms with E-state index in [0.717, 1.165) is 0 Å². The molecule has 0 unspecified atom stereocenters. The van der Waals surface area contributed by atoms with Crippen LogP contribution in [0.25, 0.3) is 0 Å². The lowest BCUT2D eigenvalue weighted by Gasteiger charge is -2.42. The highest BCUT2D eigenvalue weighted by Crippen LogP contribution is 2.43. The quantitative estimate of drug-likeness (QED) is 0.251. The zero-order valence-corrected chi connectivity index (χ0v) is 10.8. The van der Waals surface area contributed by atoms with Gasteiger partial charge in [-0.15, -0.1) is 0 Å². The molecule has 0 spiro atoms. The van der Waals surface area contributed by atoms with Gasteiger partial charge in [0.1, 0.15) is 24.4 Å². The molecule has 11 nitrogen and oxygen atoms in total. The van der Waals surface area contributed by atoms with Crippen molar-refractivity contribution in [2.24, 2.45) is 0 Å². The molecular formula is C8H15O11P. The Morgan fingerprint density at radius 1 is 1.50 bits per heavy atom. The molecule has 118 valence electrons. The molecule has 1 aliphatic heterocycles. The maximum Gasteiger partial charge on any atom is 0.469 e. The summed E-state index contributed by atoms with van der Waals surface area (Å²) in [4.78, 5) is 28.2. The van der Waals surface area contributed by atoms with Gasteiger partial charge < -0.3 is 40.1 Å². The van der Waals surface area contributed by atoms with E-state index in [1.807, 2.05) is 0 Å². The number of aliphatic hydroxyl groups excluding tert-OH is 3. The molecule has 5 atom stereocenters. The summed E-state index contributed by atoms with van der Waals surface area (Å²) in [6, 6.07) is 0. The fraction of sp³-hybridized carbons (Fsp3) is 0.875. The van der Waals surface area contributed by atoms with Crippen molar-refractivity contribution in [1.82, 2.24) is 0 Å². The first kappa shape index (κ1) is 17.4. The van der Waals surface area contributed by atoms with Gasteiger partial charge >= 0.3 is 13.8 Å². The molecule has 7 N–H and O–H groups in total. The van der Waals surface area contributed by atoms with E-state index in [1.54, 1.807) is 0 Å². The third-order valence-corrected chi connectivity index (χ3v) is 3.25. The Morgan fingerprint density at radius 2 is 2.05 bits per heavy atom. The van der Waals surface area contributed by atoms with E-state index in [1.165, 1.54) is 0 Å². The molecule has 0 aromatic heterocycles. The predicted molar refractivity (Wildman–Crippen MR) is 58.1 cm³/mol. The summed E-state index contributed by atoms with van der Waals surface area (Å²) in [6.07, 6.45) is -8.28. The summed E-state index contributed by atoms with van der Waals surface area (Å²) in [5.74, 6) is -4.83. The monoisotopic (exact) mass is 318 g/mol. The molecule has 0 amide bonds. The van der Waals surface area contributed by atoms with Crippen LogP contribution >= 0.6 is 7.82 Å². The maximum atomic E-state index is 10.9. The predicted octanol–water partition coefficient (Wildman–Crippen LogP) is -3.26. The van der Waals surface area contributed by atoms with Gasteiger partial charge in [0.05, 0.1) is 6.61 Å². The summed E-state index contributed by atoms with van der Waals surface area (Å²) >= 11 is 0. The number of phosphoric acid groups is 1. The molecule has 1 heterocycles. The van der Waals surface area contributed by atoms with E-state index < -0.39 is 57.0 Å². The topological polar surface area (TPSA) is 194 Å². The SMILES string of the molecule is O=C(O)[C@@]1(O)C[C@@H](OP(=O)(O)O)[C@@H](O)[C@@H]([C@H](O)CO)O1. The number of phosphoric ester groups is 1. The average molecular weight is 318 g/mol. The number of hydrogen-bond donors (Lipinski definition) is 7. The minimum atomic E-state index is -5.09. The number of carboxylic acid groups (broad SMARTS) is 1. The molecule has 0 aliphatic carbocycles. The van der Waals surface area contributed by atoms with Gasteiger partial charge in [0, 0.05) is 6.42 Å². The number of carbonyl (C=O) groups is 1. The van der Waals surface area contributed by atoms with Crippen molar-refractivity contribution >= 4 is 13.8 Å². The Morgan fingerprint density at radius 3 is 2.45 bits per heavy atom. The Labute approximate surface area is 112 Å². The van der Waals surface area contributed by atoms with Crippen LogP contribution in [0.4, 0.5) is 0 Å². The van der Waals surface area contributed by atoms with Crippen molar-refractivity contribution in [3.8, 4) is 0 Å². The van der Waals surface area contributed by atoms with E-state index in [0.29, 0.717) is 0 Å². The summed E-state index contributed by atoms with van der Waals surface area (Å²) in [5.41, 5.74) is 0. The molecule has 0 radical (unpaired) electrons. The van der Waals surface area contributed by atoms with E-state index in [4.69, 9.17) is 20.0 Å². The van der Waals surface area contributed by atoms with Crippen LogP contribution in [0.15, 0.2) is 0 Å². The highest BCUT2D eigenvalue weighted by atomic mass is 31.2. The molecule has 1 fully saturated rings. The second-order valence-electron chi connectivity index (χ2n) is 4.25. The van der Waals surface area contributed by atoms with Crippen LogP contribution < -0.4 is 0 Å². The number of aliphatic hydroxyl groups is 4. The second kappa shape index (κ2) is 6.02. The van der Waals surface area contributed by atoms with Crippen molar-refractivity contribution in [2.75, 3.05) is 6.61 Å². The van der Waals surface area contributed by atoms with Crippen molar-refractivity contribution in [1.29, 1.82) is 0 Å². The van der Waals surface area contributed by atoms with Crippen LogP contribution in [-0.2, 0) is 18.6 Å². The molecule has 1 rings (SSSR count). The molecular weight excluding hydrogens is 303 g/mol. The van der Waals surface area contributed by atoms with Crippen molar-refractivity contribution < 1.29 is 53.9 Å². The highest BCUT2D eigenvalue weighted by molar-refractivity contribution is 7.46. The minimum Gasteiger partial charge on any atom is -0.477 e. The Hall–Kier alpha value is -0.620. The van der Waals surface area contributed by atoms with Crippen LogP contribution in [0.2, 0.25) is 0 Å². The molecule has 0 saturated carbocycles. The third-order valence-electron chi connectivity index (χ3n) is 2.70. The third kappa shape index (κ3) is 3.95. The number of ether oxygens (including phenoxy) is 1. The molecule has 0 aromatic rings. The van der Waals surface area contributed by atoms with Crippen molar-refractivity contribution in [3.63, 3.8) is 0 Å². The number of carboxylic acids is 1. The first-order valence-electron chi connectivity index (χ1n) is 5.34. The Kier molecular flexibility index (Phi) is 5.24. The fourth-order valence-electron chi connectivity index (χ4n) is 1.77. The van der Waals surface area contributed by atoms with Crippen molar-refractivity contribution in [2.45, 2.75) is 36.6 Å². The number of rotatable bonds is 5. The smallest absolute Gasteiger partial charge is 0.469 e. The number of hydrogen-bond acceptors (Lipinski definition) is 8. The van der Waals surface area contributed by atoms with Crippen molar-refractivity contribution in [3.05, 3.63) is 0 Å². The minimum absolute atomic E-state index is 0.944. The lowest BCUT2D eigenvalue weighted by molar-refractivity contribution is -0.307. The molecule has 1 saturated heterocycles. The van der Waals surface area contributed by atoms with Crippen LogP contribution in [-0.4, -0.2) is 78.1 Å². The van der Waals surface area contributed by atoms with E-state index in [-0.39, 0.29) is 0 Å². The van der Waals surface area contributed by atoms with E-state index >= 15 is 0 Å². The summed E-state index contributed by atoms with van der Waals surface area (Å²) < 4.78 is 19.5. The zero-order chi connectivity index (χ0) is 15.7. The van der Waals surface area contributed by atoms with Crippen LogP contribution in [0.5, 0.6) is 0 Å². The Bertz CT molecular complexity index is 407. The van der Waals surface area contributed by atoms with Crippen LogP contribution in [0.1, 0.15) is 6.42 Å². The average Bonchev–Trinajstić information content (AvgIpc) is 2.30. The molecule has 1 aliphatic rings. The first-order valence-corrected chi connectivity index (χ1v) is 6.87. The molecule has 12 heteroatoms. The molecule has 0 bridgehead atoms. The Balaban J connectivity index is 3.05. The van der Waals surface area contributed by atoms with Gasteiger partial charge in [-0.2, -0.15) is 0 Å².